The molecule has 0 spiro atoms. The van der Waals surface area contributed by atoms with Crippen LogP contribution in [-0.2, 0) is 67.6 Å². The fraction of sp³-hybridized carbons (Fsp3) is 0.533. The van der Waals surface area contributed by atoms with Crippen LogP contribution in [0.5, 0.6) is 0 Å². The van der Waals surface area contributed by atoms with Gasteiger partial charge in [0.2, 0.25) is 17.7 Å². The van der Waals surface area contributed by atoms with Crippen LogP contribution in [0.1, 0.15) is 196 Å². The summed E-state index contributed by atoms with van der Waals surface area (Å²) >= 11 is 9.53. The molecule has 1 atom stereocenters. The maximum absolute atomic E-state index is 12.7. The Hall–Kier alpha value is -6.09. The second-order valence-corrected chi connectivity index (χ2v) is 23.3. The lowest BCUT2D eigenvalue weighted by atomic mass is 9.91. The molecule has 0 aliphatic carbocycles. The van der Waals surface area contributed by atoms with Gasteiger partial charge in [0.25, 0.3) is 0 Å². The van der Waals surface area contributed by atoms with Crippen molar-refractivity contribution >= 4 is 52.9 Å². The second-order valence-electron chi connectivity index (χ2n) is 22.5. The number of carbonyl (C=O) groups excluding carboxylic acids is 4. The third kappa shape index (κ3) is 39.9. The quantitative estimate of drug-likeness (QED) is 0.0694. The van der Waals surface area contributed by atoms with Crippen LogP contribution in [0, 0.1) is 0 Å². The van der Waals surface area contributed by atoms with Crippen molar-refractivity contribution < 1.29 is 44.0 Å². The van der Waals surface area contributed by atoms with Crippen molar-refractivity contribution in [2.45, 2.75) is 196 Å². The van der Waals surface area contributed by atoms with Gasteiger partial charge in [-0.1, -0.05) is 206 Å². The van der Waals surface area contributed by atoms with Crippen LogP contribution in [0.25, 0.3) is 0 Å². The number of alkyl halides is 2. The first kappa shape index (κ1) is 81.9. The molecule has 0 aromatic heterocycles. The van der Waals surface area contributed by atoms with Crippen molar-refractivity contribution in [1.29, 1.82) is 0 Å². The van der Waals surface area contributed by atoms with Gasteiger partial charge in [-0.15, -0.1) is 23.2 Å². The van der Waals surface area contributed by atoms with E-state index in [0.717, 1.165) is 91.9 Å². The molecule has 5 aliphatic heterocycles. The number of likely N-dealkylation sites (tertiary alicyclic amines) is 3. The first-order valence-electron chi connectivity index (χ1n) is 33.3. The highest BCUT2D eigenvalue weighted by atomic mass is 35.5. The molecule has 15 heteroatoms. The number of carboxylic acids is 1. The van der Waals surface area contributed by atoms with E-state index in [-0.39, 0.29) is 48.7 Å². The summed E-state index contributed by atoms with van der Waals surface area (Å²) in [6, 6.07) is 45.0. The molecule has 13 nitrogen and oxygen atoms in total. The fourth-order valence-electron chi connectivity index (χ4n) is 9.89. The van der Waals surface area contributed by atoms with Crippen molar-refractivity contribution in [1.82, 2.24) is 20.0 Å². The molecule has 500 valence electrons. The molecule has 3 amide bonds. The number of unbranched alkanes of at least 4 members (excludes halogenated alkanes) is 1. The van der Waals surface area contributed by atoms with Crippen molar-refractivity contribution in [3.05, 3.63) is 178 Å². The van der Waals surface area contributed by atoms with E-state index < -0.39 is 5.97 Å². The SMILES string of the molecule is C1CCNCC1.CCC.CCC.CCCCC(C(=O)N1CCCCC1)c1ccccc1.CCO.ClCCl.O=C(Cc1ccccc1)N1CCCCC1.O=C(Cc1ccccc1)N1CCCCC1.O=C(O)Cc1ccc(CO)cc1.O=C1Cc2ccccc2CO1. The number of ether oxygens (including phenoxy) is 1. The van der Waals surface area contributed by atoms with Crippen molar-refractivity contribution in [2.24, 2.45) is 0 Å². The third-order valence-electron chi connectivity index (χ3n) is 14.4. The van der Waals surface area contributed by atoms with Gasteiger partial charge in [-0.3, -0.25) is 24.0 Å². The number of carboxylic acid groups (broad SMARTS) is 1. The Morgan fingerprint density at radius 1 is 0.500 bits per heavy atom. The van der Waals surface area contributed by atoms with Gasteiger partial charge in [-0.25, -0.2) is 0 Å². The molecule has 1 unspecified atom stereocenters. The summed E-state index contributed by atoms with van der Waals surface area (Å²) in [7, 11) is 0. The predicted octanol–water partition coefficient (Wildman–Crippen LogP) is 15.6. The number of amides is 3. The largest absolute Gasteiger partial charge is 0.481 e. The average molecular weight is 1280 g/mol. The first-order valence-corrected chi connectivity index (χ1v) is 34.4. The minimum absolute atomic E-state index is 0.00660. The molecule has 0 saturated carbocycles. The van der Waals surface area contributed by atoms with Gasteiger partial charge in [0.1, 0.15) is 6.61 Å². The number of benzene rings is 5. The maximum Gasteiger partial charge on any atom is 0.310 e. The first-order chi connectivity index (χ1) is 43.8. The number of nitrogens with zero attached hydrogens (tertiary/aromatic N) is 3. The molecule has 4 N–H and O–H groups in total. The number of piperidine rings is 4. The predicted molar refractivity (Wildman–Crippen MR) is 372 cm³/mol. The van der Waals surface area contributed by atoms with Crippen molar-refractivity contribution in [3.63, 3.8) is 0 Å². The fourth-order valence-corrected chi connectivity index (χ4v) is 9.89. The number of carbonyl (C=O) groups is 5. The van der Waals surface area contributed by atoms with Gasteiger partial charge >= 0.3 is 11.9 Å². The monoisotopic (exact) mass is 1280 g/mol. The number of aliphatic carboxylic acids is 1. The number of fused-ring (bicyclic) bond motifs is 1. The van der Waals surface area contributed by atoms with Gasteiger partial charge in [-0.2, -0.15) is 0 Å². The summed E-state index contributed by atoms with van der Waals surface area (Å²) < 4.78 is 4.87. The Morgan fingerprint density at radius 2 is 0.867 bits per heavy atom. The van der Waals surface area contributed by atoms with Crippen LogP contribution < -0.4 is 5.32 Å². The number of aliphatic hydroxyl groups excluding tert-OH is 2. The molecule has 5 aromatic rings. The van der Waals surface area contributed by atoms with Crippen molar-refractivity contribution in [3.8, 4) is 0 Å². The van der Waals surface area contributed by atoms with E-state index in [4.69, 9.17) is 43.3 Å². The number of cyclic esters (lactones) is 1. The Labute approximate surface area is 552 Å². The van der Waals surface area contributed by atoms with Gasteiger partial charge in [-0.05, 0) is 136 Å². The maximum atomic E-state index is 12.7. The molecular weight excluding hydrogens is 1170 g/mol. The lowest BCUT2D eigenvalue weighted by molar-refractivity contribution is -0.145. The molecule has 0 radical (unpaired) electrons. The Kier molecular flexibility index (Phi) is 50.7. The number of hydrogen-bond donors (Lipinski definition) is 4. The minimum Gasteiger partial charge on any atom is -0.481 e. The minimum atomic E-state index is -0.841. The summed E-state index contributed by atoms with van der Waals surface area (Å²) in [5.41, 5.74) is 7.20. The van der Waals surface area contributed by atoms with Crippen molar-refractivity contribution in [2.75, 3.05) is 64.3 Å². The van der Waals surface area contributed by atoms with Crippen LogP contribution in [0.15, 0.2) is 140 Å². The van der Waals surface area contributed by atoms with Gasteiger partial charge in [0.05, 0.1) is 43.5 Å². The third-order valence-corrected chi connectivity index (χ3v) is 14.4. The highest BCUT2D eigenvalue weighted by molar-refractivity contribution is 6.40. The molecule has 5 aromatic carbocycles. The van der Waals surface area contributed by atoms with Crippen LogP contribution in [0.4, 0.5) is 0 Å². The molecule has 10 rings (SSSR count). The smallest absolute Gasteiger partial charge is 0.310 e. The van der Waals surface area contributed by atoms with Gasteiger partial charge in [0, 0.05) is 45.9 Å². The molecule has 4 fully saturated rings. The van der Waals surface area contributed by atoms with Crippen LogP contribution in [0.3, 0.4) is 0 Å². The van der Waals surface area contributed by atoms with Crippen LogP contribution >= 0.6 is 23.2 Å². The summed E-state index contributed by atoms with van der Waals surface area (Å²) in [5, 5.41) is 28.2. The summed E-state index contributed by atoms with van der Waals surface area (Å²) in [6.45, 7) is 21.3. The summed E-state index contributed by atoms with van der Waals surface area (Å²) in [6.07, 6.45) is 22.4. The summed E-state index contributed by atoms with van der Waals surface area (Å²) in [4.78, 5) is 63.7. The zero-order chi connectivity index (χ0) is 66.2. The van der Waals surface area contributed by atoms with Crippen LogP contribution in [-0.4, -0.2) is 124 Å². The van der Waals surface area contributed by atoms with Crippen LogP contribution in [0.2, 0.25) is 0 Å². The molecule has 5 aliphatic rings. The number of aliphatic hydroxyl groups is 2. The van der Waals surface area contributed by atoms with E-state index in [0.29, 0.717) is 31.8 Å². The van der Waals surface area contributed by atoms with E-state index in [9.17, 15) is 24.0 Å². The van der Waals surface area contributed by atoms with E-state index in [1.54, 1.807) is 31.2 Å². The Bertz CT molecular complexity index is 2450. The zero-order valence-corrected chi connectivity index (χ0v) is 57.1. The Balaban J connectivity index is 0.000000530. The Morgan fingerprint density at radius 3 is 1.24 bits per heavy atom. The summed E-state index contributed by atoms with van der Waals surface area (Å²) in [5.74, 6) is 0.0100. The van der Waals surface area contributed by atoms with E-state index in [1.807, 2.05) is 113 Å². The number of rotatable bonds is 12. The highest BCUT2D eigenvalue weighted by Gasteiger charge is 2.26. The number of nitrogens with one attached hydrogen (secondary N) is 1. The average Bonchev–Trinajstić information content (AvgIpc) is 2.48. The molecule has 4 saturated heterocycles. The van der Waals surface area contributed by atoms with Gasteiger partial charge in [0.15, 0.2) is 0 Å². The number of esters is 1. The highest BCUT2D eigenvalue weighted by Crippen LogP contribution is 2.26. The molecular formula is C75H112Cl2N4O9. The topological polar surface area (TPSA) is 177 Å². The van der Waals surface area contributed by atoms with Gasteiger partial charge < -0.3 is 40.1 Å². The zero-order valence-electron chi connectivity index (χ0n) is 55.6. The molecule has 0 bridgehead atoms. The molecule has 5 heterocycles. The normalized spacial score (nSPS) is 14.7. The lowest BCUT2D eigenvalue weighted by Crippen LogP contribution is -2.38. The standard InChI is InChI=1S/C17H25NO.2C13H17NO.C9H10O3.C9H8O2.C5H11N.2C3H8.C2H6O.CH2Cl2/c1-2-3-12-16(15-10-6-4-7-11-15)17(19)18-13-8-5-9-14-18;2*15-13(14-9-5-2-6-10-14)11-12-7-3-1-4-8-12;10-6-8-3-1-7(2-4-8)5-9(11)12;10-9-5-7-3-1-2-4-8(7)6-11-9;1-2-4-6-5-3-1;2*1-3-2;1-2-3;2-1-3/h4,6-7,10-11,16H,2-3,5,8-9,12-14H2,1H3;2*1,3-4,7-8H,2,5-6,9-11H2;1-4,10H,5-6H2,(H,11,12);1-4H,5-6H2;6H,1-5H2;2*3H2,1-2H3;3H,2H2,1H3;1H2. The lowest BCUT2D eigenvalue weighted by Gasteiger charge is -2.30. The van der Waals surface area contributed by atoms with E-state index >= 15 is 0 Å². The second kappa shape index (κ2) is 55.7. The van der Waals surface area contributed by atoms with E-state index in [2.05, 4.69) is 57.0 Å². The molecule has 90 heavy (non-hydrogen) atoms. The number of hydrogen-bond acceptors (Lipinski definition) is 9. The van der Waals surface area contributed by atoms with E-state index in [1.165, 1.54) is 109 Å². The number of halogens is 2.